The van der Waals surface area contributed by atoms with E-state index < -0.39 is 0 Å². The number of aromatic nitrogens is 1. The molecule has 0 spiro atoms. The first-order valence-electron chi connectivity index (χ1n) is 9.94. The van der Waals surface area contributed by atoms with Gasteiger partial charge in [0.05, 0.1) is 18.5 Å². The maximum absolute atomic E-state index is 12.3. The number of anilines is 2. The minimum atomic E-state index is -0.165. The summed E-state index contributed by atoms with van der Waals surface area (Å²) in [5, 5.41) is 12.7. The van der Waals surface area contributed by atoms with Gasteiger partial charge in [0, 0.05) is 28.9 Å². The molecule has 0 saturated carbocycles. The normalized spacial score (nSPS) is 10.5. The van der Waals surface area contributed by atoms with E-state index in [1.165, 1.54) is 22.7 Å². The summed E-state index contributed by atoms with van der Waals surface area (Å²) >= 11 is 2.83. The first kappa shape index (κ1) is 22.6. The second-order valence-electron chi connectivity index (χ2n) is 6.90. The number of nitrogens with zero attached hydrogens (tertiary/aromatic N) is 1. The Morgan fingerprint density at radius 2 is 1.84 bits per heavy atom. The average Bonchev–Trinajstić information content (AvgIpc) is 3.39. The number of hydrogen-bond acceptors (Lipinski definition) is 6. The quantitative estimate of drug-likeness (QED) is 0.430. The fourth-order valence-corrected chi connectivity index (χ4v) is 4.25. The second kappa shape index (κ2) is 11.4. The molecular formula is C22H24N4O3S2. The molecule has 0 aliphatic rings. The van der Waals surface area contributed by atoms with Gasteiger partial charge in [-0.15, -0.1) is 22.7 Å². The summed E-state index contributed by atoms with van der Waals surface area (Å²) in [6, 6.07) is 11.2. The fourth-order valence-electron chi connectivity index (χ4n) is 2.82. The molecule has 2 aromatic heterocycles. The van der Waals surface area contributed by atoms with Crippen LogP contribution in [0, 0.1) is 0 Å². The van der Waals surface area contributed by atoms with Crippen LogP contribution in [0.25, 0.3) is 0 Å². The van der Waals surface area contributed by atoms with Crippen molar-refractivity contribution in [3.63, 3.8) is 0 Å². The molecule has 0 bridgehead atoms. The standard InChI is InChI=1S/C22H24N4O3S2/c1-2-5-19(27)24-16-7-3-6-15(10-16)13-23-20(28)11-17-14-31-22(25-17)26-21(29)12-18-8-4-9-30-18/h3-4,6-10,14H,2,5,11-13H2,1H3,(H,23,28)(H,24,27)(H,25,26,29). The van der Waals surface area contributed by atoms with Gasteiger partial charge >= 0.3 is 0 Å². The van der Waals surface area contributed by atoms with E-state index in [4.69, 9.17) is 0 Å². The highest BCUT2D eigenvalue weighted by atomic mass is 32.1. The number of thiazole rings is 1. The van der Waals surface area contributed by atoms with Crippen LogP contribution in [0.2, 0.25) is 0 Å². The summed E-state index contributed by atoms with van der Waals surface area (Å²) in [7, 11) is 0. The van der Waals surface area contributed by atoms with Crippen LogP contribution in [-0.2, 0) is 33.8 Å². The van der Waals surface area contributed by atoms with E-state index in [1.54, 1.807) is 5.38 Å². The zero-order valence-corrected chi connectivity index (χ0v) is 18.8. The van der Waals surface area contributed by atoms with Gasteiger partial charge in [0.25, 0.3) is 0 Å². The van der Waals surface area contributed by atoms with Gasteiger partial charge < -0.3 is 16.0 Å². The Morgan fingerprint density at radius 1 is 0.968 bits per heavy atom. The van der Waals surface area contributed by atoms with Gasteiger partial charge in [-0.05, 0) is 35.6 Å². The van der Waals surface area contributed by atoms with Gasteiger partial charge in [-0.1, -0.05) is 25.1 Å². The molecule has 0 aliphatic heterocycles. The minimum Gasteiger partial charge on any atom is -0.352 e. The molecule has 0 radical (unpaired) electrons. The second-order valence-corrected chi connectivity index (χ2v) is 8.79. The Hall–Kier alpha value is -3.04. The van der Waals surface area contributed by atoms with Crippen molar-refractivity contribution in [1.82, 2.24) is 10.3 Å². The van der Waals surface area contributed by atoms with E-state index in [-0.39, 0.29) is 24.1 Å². The van der Waals surface area contributed by atoms with Crippen molar-refractivity contribution in [2.24, 2.45) is 0 Å². The number of nitrogens with one attached hydrogen (secondary N) is 3. The van der Waals surface area contributed by atoms with Crippen LogP contribution in [0.4, 0.5) is 10.8 Å². The summed E-state index contributed by atoms with van der Waals surface area (Å²) in [5.41, 5.74) is 2.21. The monoisotopic (exact) mass is 456 g/mol. The van der Waals surface area contributed by atoms with E-state index >= 15 is 0 Å². The highest BCUT2D eigenvalue weighted by Crippen LogP contribution is 2.17. The number of carbonyl (C=O) groups excluding carboxylic acids is 3. The lowest BCUT2D eigenvalue weighted by Crippen LogP contribution is -2.24. The lowest BCUT2D eigenvalue weighted by atomic mass is 10.2. The third kappa shape index (κ3) is 7.62. The van der Waals surface area contributed by atoms with E-state index in [1.807, 2.05) is 48.7 Å². The van der Waals surface area contributed by atoms with Crippen LogP contribution in [0.3, 0.4) is 0 Å². The van der Waals surface area contributed by atoms with Crippen molar-refractivity contribution in [2.45, 2.75) is 39.2 Å². The molecular weight excluding hydrogens is 432 g/mol. The van der Waals surface area contributed by atoms with Crippen LogP contribution in [0.15, 0.2) is 47.2 Å². The predicted octanol–water partition coefficient (Wildman–Crippen LogP) is 3.98. The number of thiophene rings is 1. The molecule has 0 atom stereocenters. The molecule has 3 N–H and O–H groups in total. The maximum atomic E-state index is 12.3. The number of hydrogen-bond donors (Lipinski definition) is 3. The molecule has 9 heteroatoms. The molecule has 2 heterocycles. The zero-order valence-electron chi connectivity index (χ0n) is 17.1. The Balaban J connectivity index is 1.45. The smallest absolute Gasteiger partial charge is 0.231 e. The van der Waals surface area contributed by atoms with Crippen molar-refractivity contribution in [3.8, 4) is 0 Å². The Kier molecular flexibility index (Phi) is 8.31. The summed E-state index contributed by atoms with van der Waals surface area (Å²) < 4.78 is 0. The molecule has 0 unspecified atom stereocenters. The SMILES string of the molecule is CCCC(=O)Nc1cccc(CNC(=O)Cc2csc(NC(=O)Cc3cccs3)n2)c1. The lowest BCUT2D eigenvalue weighted by molar-refractivity contribution is -0.120. The predicted molar refractivity (Wildman–Crippen MR) is 124 cm³/mol. The van der Waals surface area contributed by atoms with Gasteiger partial charge in [-0.2, -0.15) is 0 Å². The third-order valence-electron chi connectivity index (χ3n) is 4.23. The molecule has 3 rings (SSSR count). The molecule has 7 nitrogen and oxygen atoms in total. The Morgan fingerprint density at radius 3 is 2.61 bits per heavy atom. The van der Waals surface area contributed by atoms with Crippen molar-refractivity contribution in [3.05, 3.63) is 63.3 Å². The van der Waals surface area contributed by atoms with E-state index in [0.717, 1.165) is 16.9 Å². The molecule has 3 aromatic rings. The Labute approximate surface area is 188 Å². The van der Waals surface area contributed by atoms with Gasteiger partial charge in [0.2, 0.25) is 17.7 Å². The van der Waals surface area contributed by atoms with Crippen molar-refractivity contribution >= 4 is 51.2 Å². The van der Waals surface area contributed by atoms with E-state index in [2.05, 4.69) is 20.9 Å². The minimum absolute atomic E-state index is 0.0227. The van der Waals surface area contributed by atoms with Crippen LogP contribution in [0.1, 0.15) is 35.9 Å². The lowest BCUT2D eigenvalue weighted by Gasteiger charge is -2.08. The van der Waals surface area contributed by atoms with Crippen LogP contribution >= 0.6 is 22.7 Å². The van der Waals surface area contributed by atoms with Crippen LogP contribution in [0.5, 0.6) is 0 Å². The molecule has 1 aromatic carbocycles. The molecule has 3 amide bonds. The summed E-state index contributed by atoms with van der Waals surface area (Å²) in [6.45, 7) is 2.31. The first-order chi connectivity index (χ1) is 15.0. The summed E-state index contributed by atoms with van der Waals surface area (Å²) in [6.07, 6.45) is 1.71. The van der Waals surface area contributed by atoms with E-state index in [0.29, 0.717) is 35.9 Å². The summed E-state index contributed by atoms with van der Waals surface area (Å²) in [4.78, 5) is 41.4. The largest absolute Gasteiger partial charge is 0.352 e. The topological polar surface area (TPSA) is 100 Å². The molecule has 0 aliphatic carbocycles. The zero-order chi connectivity index (χ0) is 22.1. The molecule has 162 valence electrons. The average molecular weight is 457 g/mol. The Bertz CT molecular complexity index is 1030. The molecule has 31 heavy (non-hydrogen) atoms. The van der Waals surface area contributed by atoms with Crippen LogP contribution < -0.4 is 16.0 Å². The highest BCUT2D eigenvalue weighted by molar-refractivity contribution is 7.14. The van der Waals surface area contributed by atoms with Crippen molar-refractivity contribution in [2.75, 3.05) is 10.6 Å². The third-order valence-corrected chi connectivity index (χ3v) is 5.92. The fraction of sp³-hybridized carbons (Fsp3) is 0.273. The number of amides is 3. The van der Waals surface area contributed by atoms with Gasteiger partial charge in [-0.3, -0.25) is 14.4 Å². The van der Waals surface area contributed by atoms with Crippen molar-refractivity contribution < 1.29 is 14.4 Å². The molecule has 0 saturated heterocycles. The number of carbonyl (C=O) groups is 3. The van der Waals surface area contributed by atoms with Gasteiger partial charge in [0.1, 0.15) is 0 Å². The van der Waals surface area contributed by atoms with Gasteiger partial charge in [0.15, 0.2) is 5.13 Å². The maximum Gasteiger partial charge on any atom is 0.231 e. The summed E-state index contributed by atoms with van der Waals surface area (Å²) in [5.74, 6) is -0.314. The highest BCUT2D eigenvalue weighted by Gasteiger charge is 2.11. The number of rotatable bonds is 10. The van der Waals surface area contributed by atoms with Crippen molar-refractivity contribution in [1.29, 1.82) is 0 Å². The van der Waals surface area contributed by atoms with Gasteiger partial charge in [-0.25, -0.2) is 4.98 Å². The number of benzene rings is 1. The molecule has 0 fully saturated rings. The van der Waals surface area contributed by atoms with Crippen LogP contribution in [-0.4, -0.2) is 22.7 Å². The first-order valence-corrected chi connectivity index (χ1v) is 11.7. The van der Waals surface area contributed by atoms with E-state index in [9.17, 15) is 14.4 Å².